The first-order chi connectivity index (χ1) is 17.0. The van der Waals surface area contributed by atoms with Crippen LogP contribution in [0.25, 0.3) is 10.9 Å². The minimum atomic E-state index is -0.275. The Hall–Kier alpha value is -2.95. The third-order valence-electron chi connectivity index (χ3n) is 6.32. The van der Waals surface area contributed by atoms with Gasteiger partial charge in [0.2, 0.25) is 5.62 Å². The lowest BCUT2D eigenvalue weighted by molar-refractivity contribution is 0.0357. The van der Waals surface area contributed by atoms with Crippen LogP contribution in [0, 0.1) is 13.8 Å². The van der Waals surface area contributed by atoms with E-state index in [-0.39, 0.29) is 5.91 Å². The molecule has 9 nitrogen and oxygen atoms in total. The third-order valence-corrected chi connectivity index (χ3v) is 7.46. The molecule has 186 valence electrons. The lowest BCUT2D eigenvalue weighted by atomic mass is 10.2. The number of hydrogen-bond donors (Lipinski definition) is 1. The zero-order valence-corrected chi connectivity index (χ0v) is 21.2. The Morgan fingerprint density at radius 1 is 1.26 bits per heavy atom. The zero-order chi connectivity index (χ0) is 24.4. The quantitative estimate of drug-likeness (QED) is 0.502. The number of methoxy groups -OCH3 is 1. The predicted octanol–water partition coefficient (Wildman–Crippen LogP) is 2.99. The molecule has 0 radical (unpaired) electrons. The molecule has 0 bridgehead atoms. The maximum atomic E-state index is 13.0. The maximum Gasteiger partial charge on any atom is 0.290 e. The first-order valence-electron chi connectivity index (χ1n) is 12.0. The van der Waals surface area contributed by atoms with Crippen LogP contribution in [-0.2, 0) is 11.3 Å². The number of ether oxygens (including phenoxy) is 3. The van der Waals surface area contributed by atoms with Gasteiger partial charge in [0.05, 0.1) is 31.8 Å². The molecular formula is C25H31N5O4S. The number of aryl methyl sites for hydroxylation is 2. The van der Waals surface area contributed by atoms with E-state index in [1.54, 1.807) is 7.11 Å². The zero-order valence-electron chi connectivity index (χ0n) is 20.4. The number of anilines is 1. The van der Waals surface area contributed by atoms with Crippen molar-refractivity contribution in [3.05, 3.63) is 39.1 Å². The minimum Gasteiger partial charge on any atom is -0.491 e. The van der Waals surface area contributed by atoms with Crippen LogP contribution in [0.1, 0.15) is 26.5 Å². The predicted molar refractivity (Wildman–Crippen MR) is 136 cm³/mol. The summed E-state index contributed by atoms with van der Waals surface area (Å²) in [6.07, 6.45) is 0.908. The lowest BCUT2D eigenvalue weighted by Gasteiger charge is -2.26. The second-order valence-corrected chi connectivity index (χ2v) is 10.0. The van der Waals surface area contributed by atoms with Gasteiger partial charge < -0.3 is 19.5 Å². The van der Waals surface area contributed by atoms with Gasteiger partial charge in [-0.2, -0.15) is 4.99 Å². The van der Waals surface area contributed by atoms with Gasteiger partial charge in [0.1, 0.15) is 11.3 Å². The molecule has 10 heteroatoms. The summed E-state index contributed by atoms with van der Waals surface area (Å²) in [5, 5.41) is 4.33. The van der Waals surface area contributed by atoms with Crippen LogP contribution < -0.4 is 20.4 Å². The molecule has 4 heterocycles. The molecule has 0 unspecified atom stereocenters. The van der Waals surface area contributed by atoms with Crippen molar-refractivity contribution in [2.24, 2.45) is 4.99 Å². The number of rotatable bonds is 7. The molecule has 1 aromatic carbocycles. The summed E-state index contributed by atoms with van der Waals surface area (Å²) in [6, 6.07) is 5.93. The van der Waals surface area contributed by atoms with E-state index in [2.05, 4.69) is 15.2 Å². The van der Waals surface area contributed by atoms with Gasteiger partial charge in [-0.1, -0.05) is 0 Å². The Morgan fingerprint density at radius 3 is 2.83 bits per heavy atom. The summed E-state index contributed by atoms with van der Waals surface area (Å²) < 4.78 is 19.2. The number of morpholine rings is 1. The molecular weight excluding hydrogens is 466 g/mol. The molecule has 3 aromatic rings. The molecule has 2 aromatic heterocycles. The van der Waals surface area contributed by atoms with E-state index in [1.165, 1.54) is 11.3 Å². The number of fused-ring (bicyclic) bond motifs is 3. The van der Waals surface area contributed by atoms with Crippen LogP contribution >= 0.6 is 11.3 Å². The Morgan fingerprint density at radius 2 is 2.09 bits per heavy atom. The SMILES string of the molecule is COc1c(OCCCN2CCOCC2)ccc2c3n(c(=NC(=O)c4sc(C)cc4C)nc12)CCN3. The van der Waals surface area contributed by atoms with Crippen LogP contribution in [0.2, 0.25) is 0 Å². The van der Waals surface area contributed by atoms with Crippen LogP contribution in [0.4, 0.5) is 5.82 Å². The number of aromatic nitrogens is 2. The van der Waals surface area contributed by atoms with Gasteiger partial charge in [-0.05, 0) is 44.0 Å². The van der Waals surface area contributed by atoms with Crippen molar-refractivity contribution in [2.75, 3.05) is 58.4 Å². The standard InChI is InChI=1S/C25H31N5O4S/c1-16-15-17(2)35-22(16)24(31)28-25-27-20-18(23-26-7-9-30(23)25)5-6-19(21(20)32-3)34-12-4-8-29-10-13-33-14-11-29/h5-6,15,26H,4,7-14H2,1-3H3. The maximum absolute atomic E-state index is 13.0. The fourth-order valence-corrected chi connectivity index (χ4v) is 5.55. The average Bonchev–Trinajstić information content (AvgIpc) is 3.48. The number of benzene rings is 1. The summed E-state index contributed by atoms with van der Waals surface area (Å²) in [5.74, 6) is 1.80. The molecule has 1 fully saturated rings. The molecule has 0 aliphatic carbocycles. The summed E-state index contributed by atoms with van der Waals surface area (Å²) >= 11 is 1.46. The summed E-state index contributed by atoms with van der Waals surface area (Å²) in [4.78, 5) is 26.4. The Kier molecular flexibility index (Phi) is 7.03. The van der Waals surface area contributed by atoms with Gasteiger partial charge in [0.25, 0.3) is 5.91 Å². The van der Waals surface area contributed by atoms with Crippen molar-refractivity contribution in [3.63, 3.8) is 0 Å². The van der Waals surface area contributed by atoms with Gasteiger partial charge in [0.15, 0.2) is 11.5 Å². The number of carbonyl (C=O) groups excluding carboxylic acids is 1. The Labute approximate surface area is 208 Å². The van der Waals surface area contributed by atoms with E-state index in [4.69, 9.17) is 19.2 Å². The van der Waals surface area contributed by atoms with Gasteiger partial charge in [-0.15, -0.1) is 11.3 Å². The molecule has 1 N–H and O–H groups in total. The van der Waals surface area contributed by atoms with Crippen molar-refractivity contribution in [1.29, 1.82) is 0 Å². The van der Waals surface area contributed by atoms with E-state index in [0.29, 0.717) is 40.7 Å². The van der Waals surface area contributed by atoms with Crippen LogP contribution in [0.15, 0.2) is 23.2 Å². The molecule has 1 saturated heterocycles. The van der Waals surface area contributed by atoms with Gasteiger partial charge in [-0.25, -0.2) is 4.98 Å². The number of hydrogen-bond acceptors (Lipinski definition) is 8. The fraction of sp³-hybridized carbons (Fsp3) is 0.480. The highest BCUT2D eigenvalue weighted by molar-refractivity contribution is 7.14. The number of nitrogens with one attached hydrogen (secondary N) is 1. The average molecular weight is 498 g/mol. The highest BCUT2D eigenvalue weighted by atomic mass is 32.1. The normalized spacial score (nSPS) is 16.4. The Balaban J connectivity index is 1.45. The van der Waals surface area contributed by atoms with Gasteiger partial charge in [-0.3, -0.25) is 14.3 Å². The lowest BCUT2D eigenvalue weighted by Crippen LogP contribution is -2.37. The molecule has 5 rings (SSSR count). The first kappa shape index (κ1) is 23.8. The number of thiophene rings is 1. The number of carbonyl (C=O) groups is 1. The molecule has 1 amide bonds. The molecule has 0 saturated carbocycles. The molecule has 0 spiro atoms. The van der Waals surface area contributed by atoms with Crippen LogP contribution in [0.3, 0.4) is 0 Å². The number of nitrogens with zero attached hydrogens (tertiary/aromatic N) is 4. The van der Waals surface area contributed by atoms with E-state index >= 15 is 0 Å². The van der Waals surface area contributed by atoms with E-state index in [0.717, 1.165) is 67.5 Å². The molecule has 35 heavy (non-hydrogen) atoms. The monoisotopic (exact) mass is 497 g/mol. The van der Waals surface area contributed by atoms with Gasteiger partial charge >= 0.3 is 0 Å². The second kappa shape index (κ2) is 10.3. The third kappa shape index (κ3) is 4.91. The van der Waals surface area contributed by atoms with Crippen molar-refractivity contribution in [2.45, 2.75) is 26.8 Å². The highest BCUT2D eigenvalue weighted by Crippen LogP contribution is 2.37. The largest absolute Gasteiger partial charge is 0.491 e. The van der Waals surface area contributed by atoms with Crippen molar-refractivity contribution < 1.29 is 19.0 Å². The highest BCUT2D eigenvalue weighted by Gasteiger charge is 2.21. The first-order valence-corrected chi connectivity index (χ1v) is 12.8. The van der Waals surface area contributed by atoms with Crippen LogP contribution in [0.5, 0.6) is 11.5 Å². The van der Waals surface area contributed by atoms with Crippen molar-refractivity contribution in [3.8, 4) is 11.5 Å². The van der Waals surface area contributed by atoms with Crippen molar-refractivity contribution in [1.82, 2.24) is 14.5 Å². The second-order valence-electron chi connectivity index (χ2n) is 8.77. The molecule has 2 aliphatic rings. The van der Waals surface area contributed by atoms with Crippen LogP contribution in [-0.4, -0.2) is 73.5 Å². The van der Waals surface area contributed by atoms with E-state index in [9.17, 15) is 4.79 Å². The summed E-state index contributed by atoms with van der Waals surface area (Å²) in [5.41, 5.74) is 1.94. The minimum absolute atomic E-state index is 0.275. The fourth-order valence-electron chi connectivity index (χ4n) is 4.64. The molecule has 0 atom stereocenters. The van der Waals surface area contributed by atoms with E-state index in [1.807, 2.05) is 36.6 Å². The summed E-state index contributed by atoms with van der Waals surface area (Å²) in [6.45, 7) is 10.4. The van der Waals surface area contributed by atoms with Crippen molar-refractivity contribution >= 4 is 34.0 Å². The molecule has 2 aliphatic heterocycles. The Bertz CT molecular complexity index is 1310. The number of amides is 1. The topological polar surface area (TPSA) is 90.2 Å². The smallest absolute Gasteiger partial charge is 0.290 e. The summed E-state index contributed by atoms with van der Waals surface area (Å²) in [7, 11) is 1.62. The van der Waals surface area contributed by atoms with Gasteiger partial charge in [0, 0.05) is 43.0 Å². The van der Waals surface area contributed by atoms with E-state index < -0.39 is 0 Å².